The van der Waals surface area contributed by atoms with Gasteiger partial charge in [0.1, 0.15) is 20.5 Å². The van der Waals surface area contributed by atoms with Crippen LogP contribution in [0.2, 0.25) is 19.6 Å². The largest absolute Gasteiger partial charge is 0.274 e. The maximum Gasteiger partial charge on any atom is 0.129 e. The lowest BCUT2D eigenvalue weighted by molar-refractivity contribution is 0.505. The van der Waals surface area contributed by atoms with Crippen LogP contribution >= 0.6 is 0 Å². The van der Waals surface area contributed by atoms with Gasteiger partial charge in [0.05, 0.1) is 6.54 Å². The molecule has 0 atom stereocenters. The molecule has 0 aromatic heterocycles. The van der Waals surface area contributed by atoms with Gasteiger partial charge >= 0.3 is 0 Å². The second-order valence-corrected chi connectivity index (χ2v) is 8.41. The third-order valence-electron chi connectivity index (χ3n) is 1.13. The molecule has 0 unspecified atom stereocenters. The van der Waals surface area contributed by atoms with Gasteiger partial charge in [-0.1, -0.05) is 32.1 Å². The Morgan fingerprint density at radius 1 is 1.54 bits per heavy atom. The van der Waals surface area contributed by atoms with Crippen LogP contribution in [0.15, 0.2) is 17.6 Å². The number of halogens is 1. The van der Waals surface area contributed by atoms with Crippen molar-refractivity contribution in [3.8, 4) is 11.5 Å². The molecule has 0 saturated carbocycles. The summed E-state index contributed by atoms with van der Waals surface area (Å²) in [6.07, 6.45) is 1.57. The summed E-state index contributed by atoms with van der Waals surface area (Å²) in [7, 11) is -1.36. The summed E-state index contributed by atoms with van der Waals surface area (Å²) in [5.74, 6) is 2.92. The average Bonchev–Trinajstić information content (AvgIpc) is 2.03. The predicted molar refractivity (Wildman–Crippen MR) is 59.6 cm³/mol. The van der Waals surface area contributed by atoms with Crippen molar-refractivity contribution in [2.75, 3.05) is 13.2 Å². The van der Waals surface area contributed by atoms with Crippen LogP contribution in [0, 0.1) is 11.5 Å². The highest BCUT2D eigenvalue weighted by Gasteiger charge is 2.07. The van der Waals surface area contributed by atoms with Gasteiger partial charge < -0.3 is 0 Å². The average molecular weight is 197 g/mol. The molecule has 0 saturated heterocycles. The molecule has 0 N–H and O–H groups in total. The molecule has 0 aliphatic rings. The number of aliphatic imine (C=N–C) groups is 1. The van der Waals surface area contributed by atoms with E-state index < -0.39 is 14.7 Å². The maximum atomic E-state index is 11.8. The first-order chi connectivity index (χ1) is 5.99. The van der Waals surface area contributed by atoms with Crippen molar-refractivity contribution in [1.82, 2.24) is 0 Å². The Morgan fingerprint density at radius 2 is 2.15 bits per heavy atom. The van der Waals surface area contributed by atoms with Crippen molar-refractivity contribution in [3.05, 3.63) is 12.7 Å². The SMILES string of the molecule is C=CC(C#C[Si](C)(C)C)=NCCF. The van der Waals surface area contributed by atoms with Crippen LogP contribution in [-0.4, -0.2) is 27.0 Å². The van der Waals surface area contributed by atoms with Crippen molar-refractivity contribution >= 4 is 13.8 Å². The minimum atomic E-state index is -1.36. The molecule has 0 heterocycles. The molecule has 0 radical (unpaired) electrons. The monoisotopic (exact) mass is 197 g/mol. The topological polar surface area (TPSA) is 12.4 Å². The Kier molecular flexibility index (Phi) is 5.32. The zero-order chi connectivity index (χ0) is 10.3. The van der Waals surface area contributed by atoms with Crippen molar-refractivity contribution in [2.24, 2.45) is 4.99 Å². The molecule has 0 fully saturated rings. The van der Waals surface area contributed by atoms with Crippen LogP contribution in [0.1, 0.15) is 0 Å². The van der Waals surface area contributed by atoms with Gasteiger partial charge in [0.2, 0.25) is 0 Å². The van der Waals surface area contributed by atoms with Gasteiger partial charge in [0.25, 0.3) is 0 Å². The lowest BCUT2D eigenvalue weighted by atomic mass is 10.4. The fraction of sp³-hybridized carbons (Fsp3) is 0.500. The van der Waals surface area contributed by atoms with Crippen LogP contribution in [0.3, 0.4) is 0 Å². The Hall–Kier alpha value is -0.883. The van der Waals surface area contributed by atoms with Gasteiger partial charge in [-0.3, -0.25) is 4.99 Å². The zero-order valence-electron chi connectivity index (χ0n) is 8.52. The van der Waals surface area contributed by atoms with Crippen LogP contribution in [0.4, 0.5) is 4.39 Å². The summed E-state index contributed by atoms with van der Waals surface area (Å²) < 4.78 is 11.8. The van der Waals surface area contributed by atoms with Gasteiger partial charge in [0, 0.05) is 0 Å². The van der Waals surface area contributed by atoms with E-state index in [0.29, 0.717) is 5.71 Å². The van der Waals surface area contributed by atoms with E-state index in [1.54, 1.807) is 6.08 Å². The second-order valence-electron chi connectivity index (χ2n) is 3.66. The van der Waals surface area contributed by atoms with E-state index in [4.69, 9.17) is 0 Å². The fourth-order valence-corrected chi connectivity index (χ4v) is 1.07. The van der Waals surface area contributed by atoms with Crippen LogP contribution in [0.5, 0.6) is 0 Å². The van der Waals surface area contributed by atoms with Crippen LogP contribution in [0.25, 0.3) is 0 Å². The van der Waals surface area contributed by atoms with E-state index in [1.165, 1.54) is 0 Å². The number of allylic oxidation sites excluding steroid dienone is 1. The van der Waals surface area contributed by atoms with Gasteiger partial charge in [0.15, 0.2) is 0 Å². The first-order valence-corrected chi connectivity index (χ1v) is 7.75. The second kappa shape index (κ2) is 5.71. The van der Waals surface area contributed by atoms with E-state index in [-0.39, 0.29) is 6.54 Å². The van der Waals surface area contributed by atoms with E-state index in [0.717, 1.165) is 0 Å². The van der Waals surface area contributed by atoms with Gasteiger partial charge in [-0.15, -0.1) is 5.54 Å². The standard InChI is InChI=1S/C10H16FNSi/c1-5-10(12-8-7-11)6-9-13(2,3)4/h5H,1,7-8H2,2-4H3. The molecule has 0 rings (SSSR count). The van der Waals surface area contributed by atoms with Gasteiger partial charge in [-0.05, 0) is 6.08 Å². The smallest absolute Gasteiger partial charge is 0.129 e. The number of nitrogens with zero attached hydrogens (tertiary/aromatic N) is 1. The number of rotatable bonds is 3. The third-order valence-corrected chi connectivity index (χ3v) is 2.00. The quantitative estimate of drug-likeness (QED) is 0.374. The molecule has 0 aromatic rings. The van der Waals surface area contributed by atoms with Crippen LogP contribution in [-0.2, 0) is 0 Å². The highest BCUT2D eigenvalue weighted by atomic mass is 28.3. The molecule has 13 heavy (non-hydrogen) atoms. The Morgan fingerprint density at radius 3 is 2.54 bits per heavy atom. The summed E-state index contributed by atoms with van der Waals surface area (Å²) in [4.78, 5) is 3.94. The van der Waals surface area contributed by atoms with Crippen molar-refractivity contribution in [1.29, 1.82) is 0 Å². The van der Waals surface area contributed by atoms with Gasteiger partial charge in [-0.25, -0.2) is 4.39 Å². The minimum absolute atomic E-state index is 0.182. The third kappa shape index (κ3) is 7.48. The minimum Gasteiger partial charge on any atom is -0.274 e. The molecule has 0 spiro atoms. The molecule has 0 aliphatic carbocycles. The summed E-state index contributed by atoms with van der Waals surface area (Å²) in [6.45, 7) is 9.76. The Balaban J connectivity index is 4.42. The van der Waals surface area contributed by atoms with Gasteiger partial charge in [-0.2, -0.15) is 0 Å². The van der Waals surface area contributed by atoms with E-state index >= 15 is 0 Å². The molecular weight excluding hydrogens is 181 g/mol. The summed E-state index contributed by atoms with van der Waals surface area (Å²) in [6, 6.07) is 0. The molecule has 0 aromatic carbocycles. The fourth-order valence-electron chi connectivity index (χ4n) is 0.569. The molecule has 0 amide bonds. The lowest BCUT2D eigenvalue weighted by Gasteiger charge is -2.02. The van der Waals surface area contributed by atoms with Crippen molar-refractivity contribution in [2.45, 2.75) is 19.6 Å². The molecule has 1 nitrogen and oxygen atoms in total. The summed E-state index contributed by atoms with van der Waals surface area (Å²) in [5, 5.41) is 0. The number of alkyl halides is 1. The molecule has 72 valence electrons. The lowest BCUT2D eigenvalue weighted by Crippen LogP contribution is -2.16. The van der Waals surface area contributed by atoms with E-state index in [1.807, 2.05) is 0 Å². The number of hydrogen-bond donors (Lipinski definition) is 0. The maximum absolute atomic E-state index is 11.8. The van der Waals surface area contributed by atoms with Crippen LogP contribution < -0.4 is 0 Å². The first kappa shape index (κ1) is 12.1. The highest BCUT2D eigenvalue weighted by molar-refractivity contribution is 6.84. The molecule has 0 bridgehead atoms. The predicted octanol–water partition coefficient (Wildman–Crippen LogP) is 2.46. The van der Waals surface area contributed by atoms with Crippen molar-refractivity contribution in [3.63, 3.8) is 0 Å². The zero-order valence-corrected chi connectivity index (χ0v) is 9.52. The first-order valence-electron chi connectivity index (χ1n) is 4.25. The Bertz CT molecular complexity index is 252. The Labute approximate surface area is 80.8 Å². The van der Waals surface area contributed by atoms with Crippen molar-refractivity contribution < 1.29 is 4.39 Å². The number of hydrogen-bond acceptors (Lipinski definition) is 1. The summed E-state index contributed by atoms with van der Waals surface area (Å²) in [5.41, 5.74) is 3.74. The summed E-state index contributed by atoms with van der Waals surface area (Å²) >= 11 is 0. The molecular formula is C10H16FNSi. The van der Waals surface area contributed by atoms with E-state index in [2.05, 4.69) is 42.7 Å². The van der Waals surface area contributed by atoms with E-state index in [9.17, 15) is 4.39 Å². The highest BCUT2D eigenvalue weighted by Crippen LogP contribution is 1.96. The normalized spacial score (nSPS) is 11.8. The molecule has 3 heteroatoms. The molecule has 0 aliphatic heterocycles.